The van der Waals surface area contributed by atoms with Gasteiger partial charge in [-0.15, -0.1) is 23.5 Å². The maximum atomic E-state index is 9.62. The Morgan fingerprint density at radius 1 is 1.08 bits per heavy atom. The van der Waals surface area contributed by atoms with E-state index in [-0.39, 0.29) is 6.61 Å². The van der Waals surface area contributed by atoms with Crippen LogP contribution in [-0.4, -0.2) is 22.7 Å². The Labute approximate surface area is 153 Å². The first-order chi connectivity index (χ1) is 11.8. The van der Waals surface area contributed by atoms with Crippen LogP contribution in [0.5, 0.6) is 0 Å². The Hall–Kier alpha value is -0.640. The van der Waals surface area contributed by atoms with Gasteiger partial charge in [-0.25, -0.2) is 0 Å². The molecule has 5 rings (SSSR count). The zero-order valence-electron chi connectivity index (χ0n) is 13.9. The van der Waals surface area contributed by atoms with Crippen molar-refractivity contribution in [1.82, 2.24) is 0 Å². The first kappa shape index (κ1) is 15.6. The van der Waals surface area contributed by atoms with E-state index in [1.54, 1.807) is 16.7 Å². The molecule has 2 saturated carbocycles. The molecular weight excluding hydrogens is 332 g/mol. The first-order valence-corrected chi connectivity index (χ1v) is 11.1. The molecule has 0 radical (unpaired) electrons. The highest BCUT2D eigenvalue weighted by atomic mass is 32.2. The lowest BCUT2D eigenvalue weighted by atomic mass is 9.71. The molecule has 0 amide bonds. The summed E-state index contributed by atoms with van der Waals surface area (Å²) in [4.78, 5) is 1.18. The first-order valence-electron chi connectivity index (χ1n) is 9.21. The summed E-state index contributed by atoms with van der Waals surface area (Å²) in [5.74, 6) is 3.81. The second kappa shape index (κ2) is 6.26. The Morgan fingerprint density at radius 3 is 2.96 bits per heavy atom. The Kier molecular flexibility index (Phi) is 4.07. The predicted octanol–water partition coefficient (Wildman–Crippen LogP) is 5.08. The fraction of sp³-hybridized carbons (Fsp3) is 0.524. The molecule has 0 aromatic carbocycles. The van der Waals surface area contributed by atoms with E-state index in [1.165, 1.54) is 30.6 Å². The van der Waals surface area contributed by atoms with Crippen LogP contribution in [-0.2, 0) is 0 Å². The van der Waals surface area contributed by atoms with Crippen molar-refractivity contribution >= 4 is 23.5 Å². The van der Waals surface area contributed by atoms with Crippen LogP contribution in [0.25, 0.3) is 0 Å². The van der Waals surface area contributed by atoms with Gasteiger partial charge in [-0.1, -0.05) is 53.5 Å². The summed E-state index contributed by atoms with van der Waals surface area (Å²) in [6.07, 6.45) is 17.3. The van der Waals surface area contributed by atoms with Crippen LogP contribution in [0.1, 0.15) is 25.7 Å². The largest absolute Gasteiger partial charge is 0.391 e. The number of hydrogen-bond acceptors (Lipinski definition) is 3. The van der Waals surface area contributed by atoms with Gasteiger partial charge in [0.15, 0.2) is 0 Å². The van der Waals surface area contributed by atoms with Crippen LogP contribution in [0.2, 0.25) is 0 Å². The summed E-state index contributed by atoms with van der Waals surface area (Å²) in [5.41, 5.74) is 4.97. The molecule has 1 N–H and O–H groups in total. The predicted molar refractivity (Wildman–Crippen MR) is 105 cm³/mol. The van der Waals surface area contributed by atoms with Gasteiger partial charge in [-0.3, -0.25) is 0 Å². The third-order valence-electron chi connectivity index (χ3n) is 6.55. The zero-order chi connectivity index (χ0) is 16.1. The van der Waals surface area contributed by atoms with E-state index >= 15 is 0 Å². The van der Waals surface area contributed by atoms with Gasteiger partial charge in [0.25, 0.3) is 0 Å². The smallest absolute Gasteiger partial charge is 0.0737 e. The maximum Gasteiger partial charge on any atom is 0.0737 e. The number of allylic oxidation sites excluding steroid dienone is 6. The molecule has 2 fully saturated rings. The third kappa shape index (κ3) is 2.43. The zero-order valence-corrected chi connectivity index (χ0v) is 15.5. The van der Waals surface area contributed by atoms with E-state index in [1.807, 2.05) is 11.8 Å². The molecule has 0 aromatic rings. The van der Waals surface area contributed by atoms with E-state index in [0.29, 0.717) is 17.1 Å². The average Bonchev–Trinajstić information content (AvgIpc) is 3.06. The van der Waals surface area contributed by atoms with Crippen molar-refractivity contribution in [3.63, 3.8) is 0 Å². The normalized spacial score (nSPS) is 40.1. The van der Waals surface area contributed by atoms with Crippen LogP contribution >= 0.6 is 23.5 Å². The van der Waals surface area contributed by atoms with Gasteiger partial charge in [0.05, 0.1) is 6.61 Å². The summed E-state index contributed by atoms with van der Waals surface area (Å²) in [7, 11) is 0. The molecule has 24 heavy (non-hydrogen) atoms. The minimum Gasteiger partial charge on any atom is -0.391 e. The van der Waals surface area contributed by atoms with Crippen molar-refractivity contribution in [2.24, 2.45) is 23.7 Å². The molecule has 3 aliphatic carbocycles. The SMILES string of the molecule is OCC1=CC2C(=CC=C3C2CC2=CC=CSC2C2CCCC32)CS1. The molecule has 2 aliphatic heterocycles. The summed E-state index contributed by atoms with van der Waals surface area (Å²) >= 11 is 3.88. The van der Waals surface area contributed by atoms with E-state index in [9.17, 15) is 5.11 Å². The molecular formula is C21H24OS2. The van der Waals surface area contributed by atoms with Gasteiger partial charge in [0, 0.05) is 21.8 Å². The highest BCUT2D eigenvalue weighted by molar-refractivity contribution is 8.03. The lowest BCUT2D eigenvalue weighted by Gasteiger charge is -2.36. The van der Waals surface area contributed by atoms with Gasteiger partial charge in [-0.05, 0) is 42.4 Å². The Balaban J connectivity index is 1.59. The second-order valence-electron chi connectivity index (χ2n) is 7.65. The van der Waals surface area contributed by atoms with Crippen LogP contribution < -0.4 is 0 Å². The average molecular weight is 357 g/mol. The maximum absolute atomic E-state index is 9.62. The van der Waals surface area contributed by atoms with Gasteiger partial charge in [0.1, 0.15) is 0 Å². The molecule has 1 nitrogen and oxygen atoms in total. The molecule has 5 unspecified atom stereocenters. The number of aliphatic hydroxyl groups excluding tert-OH is 1. The second-order valence-corrected chi connectivity index (χ2v) is 9.81. The van der Waals surface area contributed by atoms with Gasteiger partial charge >= 0.3 is 0 Å². The molecule has 0 aromatic heterocycles. The highest BCUT2D eigenvalue weighted by Crippen LogP contribution is 2.56. The fourth-order valence-electron chi connectivity index (χ4n) is 5.49. The van der Waals surface area contributed by atoms with Crippen LogP contribution in [0.4, 0.5) is 0 Å². The monoisotopic (exact) mass is 356 g/mol. The van der Waals surface area contributed by atoms with E-state index < -0.39 is 0 Å². The highest BCUT2D eigenvalue weighted by Gasteiger charge is 2.46. The standard InChI is InChI=1S/C21H24OS2/c22-11-15-10-19-14(12-24-15)6-7-17-16-4-1-5-18(16)21-13(9-20(17)19)3-2-8-23-21/h2-3,6-8,10,16,18-22H,1,4-5,9,11-12H2. The fourth-order valence-corrected chi connectivity index (χ4v) is 7.68. The van der Waals surface area contributed by atoms with Crippen molar-refractivity contribution in [2.45, 2.75) is 30.9 Å². The molecule has 5 atom stereocenters. The minimum absolute atomic E-state index is 0.205. The summed E-state index contributed by atoms with van der Waals surface area (Å²) in [6, 6.07) is 0. The number of rotatable bonds is 1. The summed E-state index contributed by atoms with van der Waals surface area (Å²) < 4.78 is 0. The van der Waals surface area contributed by atoms with Crippen LogP contribution in [0.15, 0.2) is 57.4 Å². The van der Waals surface area contributed by atoms with E-state index in [2.05, 4.69) is 47.6 Å². The molecule has 0 spiro atoms. The Bertz CT molecular complexity index is 697. The topological polar surface area (TPSA) is 20.2 Å². The molecule has 5 aliphatic rings. The number of aliphatic hydroxyl groups is 1. The van der Waals surface area contributed by atoms with Crippen molar-refractivity contribution in [3.8, 4) is 0 Å². The third-order valence-corrected chi connectivity index (χ3v) is 8.92. The molecule has 3 heteroatoms. The van der Waals surface area contributed by atoms with E-state index in [0.717, 1.165) is 17.6 Å². The lowest BCUT2D eigenvalue weighted by molar-refractivity contribution is 0.336. The van der Waals surface area contributed by atoms with Crippen molar-refractivity contribution in [2.75, 3.05) is 12.4 Å². The number of hydrogen-bond donors (Lipinski definition) is 1. The summed E-state index contributed by atoms with van der Waals surface area (Å²) in [5, 5.41) is 12.6. The number of fused-ring (bicyclic) bond motifs is 7. The van der Waals surface area contributed by atoms with Gasteiger partial charge in [-0.2, -0.15) is 0 Å². The van der Waals surface area contributed by atoms with Gasteiger partial charge < -0.3 is 5.11 Å². The van der Waals surface area contributed by atoms with Gasteiger partial charge in [0.2, 0.25) is 0 Å². The Morgan fingerprint density at radius 2 is 2.04 bits per heavy atom. The molecule has 0 saturated heterocycles. The van der Waals surface area contributed by atoms with Crippen LogP contribution in [0, 0.1) is 23.7 Å². The summed E-state index contributed by atoms with van der Waals surface area (Å²) in [6.45, 7) is 0.205. The molecule has 0 bridgehead atoms. The van der Waals surface area contributed by atoms with Crippen molar-refractivity contribution in [3.05, 3.63) is 57.4 Å². The van der Waals surface area contributed by atoms with Crippen molar-refractivity contribution < 1.29 is 5.11 Å². The lowest BCUT2D eigenvalue weighted by Crippen LogP contribution is -2.27. The number of thioether (sulfide) groups is 2. The molecule has 2 heterocycles. The molecule has 126 valence electrons. The van der Waals surface area contributed by atoms with Crippen LogP contribution in [0.3, 0.4) is 0 Å². The minimum atomic E-state index is 0.205. The quantitative estimate of drug-likeness (QED) is 0.707. The van der Waals surface area contributed by atoms with Crippen molar-refractivity contribution in [1.29, 1.82) is 0 Å². The van der Waals surface area contributed by atoms with E-state index in [4.69, 9.17) is 0 Å².